The molecule has 15 nitrogen and oxygen atoms in total. The van der Waals surface area contributed by atoms with E-state index < -0.39 is 77.7 Å². The van der Waals surface area contributed by atoms with Crippen molar-refractivity contribution in [3.8, 4) is 56.3 Å². The van der Waals surface area contributed by atoms with E-state index in [1.807, 2.05) is 42.7 Å². The molecule has 5 aromatic heterocycles. The van der Waals surface area contributed by atoms with E-state index in [4.69, 9.17) is 25.5 Å². The molecule has 147 heavy (non-hydrogen) atoms. The number of aliphatic hydroxyl groups excluding tert-OH is 5. The van der Waals surface area contributed by atoms with Crippen LogP contribution in [0.5, 0.6) is 0 Å². The molecule has 0 saturated heterocycles. The number of carbonyl (C=O) groups excluding carboxylic acids is 5. The molecule has 15 aromatic rings. The van der Waals surface area contributed by atoms with Crippen LogP contribution >= 0.6 is 0 Å². The van der Waals surface area contributed by atoms with Gasteiger partial charge < -0.3 is 50.5 Å². The summed E-state index contributed by atoms with van der Waals surface area (Å²) in [6.07, 6.45) is -11.1. The molecule has 0 bridgehead atoms. The van der Waals surface area contributed by atoms with Gasteiger partial charge in [-0.2, -0.15) is 52.7 Å². The molecule has 5 radical (unpaired) electrons. The van der Waals surface area contributed by atoms with Crippen molar-refractivity contribution >= 4 is 82.8 Å². The molecule has 0 aliphatic heterocycles. The molecule has 10 aromatic carbocycles. The monoisotopic (exact) mass is 2930 g/mol. The molecule has 5 aliphatic rings. The van der Waals surface area contributed by atoms with Crippen LogP contribution in [0.4, 0.5) is 79.0 Å². The van der Waals surface area contributed by atoms with E-state index in [1.165, 1.54) is 140 Å². The van der Waals surface area contributed by atoms with Crippen molar-refractivity contribution < 1.29 is 229 Å². The van der Waals surface area contributed by atoms with E-state index in [2.05, 4.69) is 156 Å². The van der Waals surface area contributed by atoms with E-state index in [0.29, 0.717) is 49.9 Å². The van der Waals surface area contributed by atoms with E-state index in [9.17, 15) is 103 Å². The van der Waals surface area contributed by atoms with Crippen LogP contribution in [0.15, 0.2) is 302 Å². The number of benzene rings is 10. The maximum atomic E-state index is 14.6. The number of rotatable bonds is 5. The number of halogens is 18. The van der Waals surface area contributed by atoms with E-state index in [0.717, 1.165) is 38.7 Å². The van der Waals surface area contributed by atoms with Crippen LogP contribution < -0.4 is 0 Å². The number of hydrogen-bond donors (Lipinski definition) is 5. The number of nitrogens with zero attached hydrogens (tertiary/aromatic N) is 5. The normalized spacial score (nSPS) is 14.1. The van der Waals surface area contributed by atoms with Gasteiger partial charge in [0.05, 0.1) is 17.3 Å². The predicted octanol–water partition coefficient (Wildman–Crippen LogP) is 28.5. The zero-order valence-corrected chi connectivity index (χ0v) is 89.9. The first-order valence-electron chi connectivity index (χ1n) is 42.4. The zero-order valence-electron chi connectivity index (χ0n) is 78.0. The number of allylic oxidation sites excluding steroid dienone is 10. The van der Waals surface area contributed by atoms with Crippen molar-refractivity contribution in [3.63, 3.8) is 0 Å². The second kappa shape index (κ2) is 49.9. The Morgan fingerprint density at radius 2 is 0.442 bits per heavy atom. The SMILES string of the molecule is CC(=O)C=C(C)O.CC(=O)C=C(C)O.CC(=O)C=C(C)O.CC1(C)c2ccc[c-]c2-c2nccc3cccc1c23.CC1(C)c2ccc[c-]c2-c2nccc3cccc1c23.FC1(F)c2ccc[c-]c2-c2nccc3cccc1c23.FC1(F)c2ccc[c-]c2-c2nccc3cccc1c23.FC1(F)c2ccc[c-]c2-c2nccc3cccc1c23.O=C(C=C(O)C(F)(F)F)C(F)(F)F.O=C(C=C(O)C(F)(F)F)C(F)(F)F.[Ir].[Ir].[Ir].[Ir].[Ir]. The summed E-state index contributed by atoms with van der Waals surface area (Å²) in [7, 11) is 0. The smallest absolute Gasteiger partial charge is 0.454 e. The fraction of sp³-hybridized carbons (Fsp3) is 0.174. The summed E-state index contributed by atoms with van der Waals surface area (Å²) >= 11 is 0. The number of aromatic nitrogens is 5. The topological polar surface area (TPSA) is 251 Å². The first kappa shape index (κ1) is 123. The van der Waals surface area contributed by atoms with Crippen LogP contribution in [0.2, 0.25) is 0 Å². The van der Waals surface area contributed by atoms with Crippen molar-refractivity contribution in [3.05, 3.63) is 388 Å². The third kappa shape index (κ3) is 28.0. The second-order valence-electron chi connectivity index (χ2n) is 33.1. The van der Waals surface area contributed by atoms with Gasteiger partial charge in [0.2, 0.25) is 11.5 Å². The first-order valence-corrected chi connectivity index (χ1v) is 42.4. The Morgan fingerprint density at radius 1 is 0.259 bits per heavy atom. The number of ketones is 5. The van der Waals surface area contributed by atoms with Crippen molar-refractivity contribution in [2.45, 2.75) is 123 Å². The van der Waals surface area contributed by atoms with Gasteiger partial charge >= 0.3 is 24.7 Å². The third-order valence-electron chi connectivity index (χ3n) is 22.1. The summed E-state index contributed by atoms with van der Waals surface area (Å²) in [4.78, 5) is 71.8. The fourth-order valence-corrected chi connectivity index (χ4v) is 16.1. The molecule has 0 saturated carbocycles. The van der Waals surface area contributed by atoms with Gasteiger partial charge in [0.25, 0.3) is 29.3 Å². The Morgan fingerprint density at radius 3 is 0.626 bits per heavy atom. The van der Waals surface area contributed by atoms with Crippen LogP contribution in [0.25, 0.3) is 110 Å². The van der Waals surface area contributed by atoms with E-state index in [-0.39, 0.29) is 179 Å². The maximum absolute atomic E-state index is 14.6. The first-order chi connectivity index (χ1) is 66.4. The van der Waals surface area contributed by atoms with Gasteiger partial charge in [-0.3, -0.25) is 24.0 Å². The quantitative estimate of drug-likeness (QED) is 0.0465. The number of alkyl halides is 18. The molecule has 777 valence electrons. The molecule has 5 heterocycles. The minimum absolute atomic E-state index is 0. The van der Waals surface area contributed by atoms with Crippen molar-refractivity contribution in [2.24, 2.45) is 0 Å². The van der Waals surface area contributed by atoms with E-state index >= 15 is 0 Å². The number of hydrogen-bond acceptors (Lipinski definition) is 15. The van der Waals surface area contributed by atoms with Gasteiger partial charge in [0, 0.05) is 179 Å². The number of aliphatic hydroxyl groups is 5. The molecular formula is C109H80F18Ir5N5O10-5. The van der Waals surface area contributed by atoms with Gasteiger partial charge in [-0.25, -0.2) is 26.3 Å². The standard InChI is InChI=1S/2C18H14N.3C16H8F2N.2C5H2F6O2.3C5H8O2.5Ir/c2*1-18(2)14-8-4-3-7-13(14)17-16-12(10-11-19-17)6-5-9-15(16)18;3*17-16(18)12-6-2-1-5-11(12)15-14-10(8-9-19-15)4-3-7-13(14)16;2*6-4(7,8)2(12)1-3(13)5(9,10)11;3*1-4(6)3-5(2)7;;;;;/h2*3-6,8-11H,1-2H3;3*1-4,6-9H;2*1,12H;3*3,6H,1-2H3;;;;;/q5*-1;;;;;;;;;;. The summed E-state index contributed by atoms with van der Waals surface area (Å²) < 4.78 is 224. The van der Waals surface area contributed by atoms with Crippen LogP contribution in [0.3, 0.4) is 0 Å². The molecule has 0 fully saturated rings. The van der Waals surface area contributed by atoms with Crippen molar-refractivity contribution in [1.82, 2.24) is 24.9 Å². The predicted molar refractivity (Wildman–Crippen MR) is 500 cm³/mol. The summed E-state index contributed by atoms with van der Waals surface area (Å²) in [5, 5.41) is 50.0. The minimum atomic E-state index is -5.42. The Hall–Kier alpha value is -12.7. The van der Waals surface area contributed by atoms with Gasteiger partial charge in [0.1, 0.15) is 0 Å². The van der Waals surface area contributed by atoms with Crippen molar-refractivity contribution in [2.75, 3.05) is 0 Å². The molecule has 20 rings (SSSR count). The Kier molecular flexibility index (Phi) is 41.7. The van der Waals surface area contributed by atoms with Crippen molar-refractivity contribution in [1.29, 1.82) is 0 Å². The number of carbonyl (C=O) groups is 5. The summed E-state index contributed by atoms with van der Waals surface area (Å²) in [5.41, 5.74) is 12.8. The maximum Gasteiger partial charge on any atom is 0.454 e. The molecule has 0 unspecified atom stereocenters. The van der Waals surface area contributed by atoms with Crippen LogP contribution in [-0.4, -0.2) is 104 Å². The molecule has 38 heteroatoms. The number of fused-ring (bicyclic) bond motifs is 10. The minimum Gasteiger partial charge on any atom is -0.512 e. The Labute approximate surface area is 897 Å². The van der Waals surface area contributed by atoms with Gasteiger partial charge in [0.15, 0.2) is 17.3 Å². The van der Waals surface area contributed by atoms with Gasteiger partial charge in [-0.05, 0) is 176 Å². The molecule has 0 amide bonds. The second-order valence-corrected chi connectivity index (χ2v) is 33.1. The number of pyridine rings is 5. The Bertz CT molecular complexity index is 6610. The molecule has 5 aliphatic carbocycles. The molecule has 0 spiro atoms. The fourth-order valence-electron chi connectivity index (χ4n) is 16.1. The summed E-state index contributed by atoms with van der Waals surface area (Å²) in [5.74, 6) is -19.9. The van der Waals surface area contributed by atoms with Crippen LogP contribution in [0.1, 0.15) is 125 Å². The summed E-state index contributed by atoms with van der Waals surface area (Å²) in [6, 6.07) is 79.4. The average Bonchev–Trinajstić information content (AvgIpc) is 0.741. The van der Waals surface area contributed by atoms with Gasteiger partial charge in [-0.1, -0.05) is 135 Å². The Balaban J connectivity index is 0.000000253. The zero-order chi connectivity index (χ0) is 104. The summed E-state index contributed by atoms with van der Waals surface area (Å²) in [6.45, 7) is 17.7. The molecular weight excluding hydrogens is 2840 g/mol. The largest absolute Gasteiger partial charge is 0.512 e. The third-order valence-corrected chi connectivity index (χ3v) is 22.1. The van der Waals surface area contributed by atoms with E-state index in [1.54, 1.807) is 91.4 Å². The van der Waals surface area contributed by atoms with Gasteiger partial charge in [-0.15, -0.1) is 160 Å². The van der Waals surface area contributed by atoms with Crippen LogP contribution in [-0.2, 0) is 153 Å². The molecule has 0 atom stereocenters. The molecule has 5 N–H and O–H groups in total. The average molecular weight is 2920 g/mol. The van der Waals surface area contributed by atoms with Crippen LogP contribution in [0, 0.1) is 30.3 Å².